The van der Waals surface area contributed by atoms with Crippen molar-refractivity contribution in [2.45, 2.75) is 18.3 Å². The van der Waals surface area contributed by atoms with Gasteiger partial charge in [0.25, 0.3) is 0 Å². The van der Waals surface area contributed by atoms with Crippen LogP contribution in [0.4, 0.5) is 0 Å². The maximum absolute atomic E-state index is 9.47. The molecule has 0 radical (unpaired) electrons. The van der Waals surface area contributed by atoms with Gasteiger partial charge in [0.05, 0.1) is 6.61 Å². The fourth-order valence-corrected chi connectivity index (χ4v) is 1.13. The van der Waals surface area contributed by atoms with Crippen LogP contribution in [-0.4, -0.2) is 36.8 Å². The Morgan fingerprint density at radius 3 is 2.82 bits per heavy atom. The van der Waals surface area contributed by atoms with E-state index < -0.39 is 6.10 Å². The predicted molar refractivity (Wildman–Crippen MR) is 35.7 cm³/mol. The molecule has 2 rings (SSSR count). The molecule has 2 aliphatic rings. The molecule has 0 aliphatic carbocycles. The zero-order valence-electron chi connectivity index (χ0n) is 6.03. The molecule has 0 spiro atoms. The van der Waals surface area contributed by atoms with Gasteiger partial charge in [-0.3, -0.25) is 0 Å². The summed E-state index contributed by atoms with van der Waals surface area (Å²) in [5, 5.41) is 9.47. The van der Waals surface area contributed by atoms with E-state index >= 15 is 0 Å². The van der Waals surface area contributed by atoms with Crippen molar-refractivity contribution in [3.63, 3.8) is 0 Å². The van der Waals surface area contributed by atoms with E-state index in [-0.39, 0.29) is 19.0 Å². The summed E-state index contributed by atoms with van der Waals surface area (Å²) in [5.74, 6) is 0.632. The van der Waals surface area contributed by atoms with Crippen LogP contribution in [0, 0.1) is 0 Å². The van der Waals surface area contributed by atoms with Gasteiger partial charge in [-0.15, -0.1) is 0 Å². The molecule has 2 saturated heterocycles. The lowest BCUT2D eigenvalue weighted by Gasteiger charge is -2.11. The van der Waals surface area contributed by atoms with Crippen molar-refractivity contribution >= 4 is 0 Å². The molecule has 2 heterocycles. The van der Waals surface area contributed by atoms with Crippen molar-refractivity contribution in [3.05, 3.63) is 12.3 Å². The second kappa shape index (κ2) is 2.48. The molecule has 3 unspecified atom stereocenters. The summed E-state index contributed by atoms with van der Waals surface area (Å²) in [6.07, 6.45) is -1.11. The molecular weight excluding hydrogens is 148 g/mol. The molecule has 0 aromatic rings. The first-order valence-corrected chi connectivity index (χ1v) is 3.52. The average molecular weight is 158 g/mol. The van der Waals surface area contributed by atoms with Gasteiger partial charge in [-0.1, -0.05) is 6.58 Å². The van der Waals surface area contributed by atoms with Gasteiger partial charge < -0.3 is 19.3 Å². The lowest BCUT2D eigenvalue weighted by atomic mass is 10.1. The third-order valence-electron chi connectivity index (χ3n) is 1.88. The second-order valence-electron chi connectivity index (χ2n) is 2.69. The highest BCUT2D eigenvalue weighted by Crippen LogP contribution is 2.30. The minimum absolute atomic E-state index is 0.235. The van der Waals surface area contributed by atoms with Gasteiger partial charge >= 0.3 is 0 Å². The van der Waals surface area contributed by atoms with E-state index in [1.54, 1.807) is 0 Å². The summed E-state index contributed by atoms with van der Waals surface area (Å²) < 4.78 is 14.9. The highest BCUT2D eigenvalue weighted by Gasteiger charge is 2.43. The standard InChI is InChI=1S/C7H10O4/c1-4-7(11-4)6(8)5-2-9-3-10-5/h5-8H,1-3H2. The Morgan fingerprint density at radius 1 is 1.64 bits per heavy atom. The molecule has 3 atom stereocenters. The minimum Gasteiger partial charge on any atom is -0.481 e. The van der Waals surface area contributed by atoms with Crippen LogP contribution in [-0.2, 0) is 14.2 Å². The Morgan fingerprint density at radius 2 is 2.36 bits per heavy atom. The van der Waals surface area contributed by atoms with Crippen molar-refractivity contribution in [2.24, 2.45) is 0 Å². The maximum Gasteiger partial charge on any atom is 0.183 e. The van der Waals surface area contributed by atoms with Crippen molar-refractivity contribution in [1.82, 2.24) is 0 Å². The van der Waals surface area contributed by atoms with Gasteiger partial charge in [-0.05, 0) is 0 Å². The number of hydrogen-bond acceptors (Lipinski definition) is 4. The Kier molecular flexibility index (Phi) is 1.60. The van der Waals surface area contributed by atoms with Crippen LogP contribution < -0.4 is 0 Å². The number of aliphatic hydroxyl groups is 1. The smallest absolute Gasteiger partial charge is 0.183 e. The second-order valence-corrected chi connectivity index (χ2v) is 2.69. The molecule has 11 heavy (non-hydrogen) atoms. The summed E-state index contributed by atoms with van der Waals surface area (Å²) in [5.41, 5.74) is 0. The maximum atomic E-state index is 9.47. The average Bonchev–Trinajstić information content (AvgIpc) is 2.56. The predicted octanol–water partition coefficient (Wildman–Crippen LogP) is -0.367. The van der Waals surface area contributed by atoms with Crippen LogP contribution in [0.15, 0.2) is 12.3 Å². The van der Waals surface area contributed by atoms with Crippen molar-refractivity contribution in [2.75, 3.05) is 13.4 Å². The first-order chi connectivity index (χ1) is 5.29. The number of ether oxygens (including phenoxy) is 3. The first-order valence-electron chi connectivity index (χ1n) is 3.52. The largest absolute Gasteiger partial charge is 0.481 e. The van der Waals surface area contributed by atoms with Gasteiger partial charge in [0.15, 0.2) is 6.10 Å². The van der Waals surface area contributed by atoms with Gasteiger partial charge in [-0.25, -0.2) is 0 Å². The Labute approximate surface area is 64.4 Å². The molecule has 62 valence electrons. The van der Waals surface area contributed by atoms with Crippen LogP contribution in [0.25, 0.3) is 0 Å². The zero-order valence-corrected chi connectivity index (χ0v) is 6.03. The summed E-state index contributed by atoms with van der Waals surface area (Å²) in [7, 11) is 0. The molecule has 2 fully saturated rings. The van der Waals surface area contributed by atoms with Crippen LogP contribution >= 0.6 is 0 Å². The molecule has 2 aliphatic heterocycles. The highest BCUT2D eigenvalue weighted by molar-refractivity contribution is 5.12. The van der Waals surface area contributed by atoms with Crippen LogP contribution in [0.3, 0.4) is 0 Å². The van der Waals surface area contributed by atoms with E-state index in [2.05, 4.69) is 6.58 Å². The van der Waals surface area contributed by atoms with E-state index in [9.17, 15) is 5.11 Å². The molecule has 4 heteroatoms. The van der Waals surface area contributed by atoms with E-state index in [0.29, 0.717) is 12.4 Å². The fourth-order valence-electron chi connectivity index (χ4n) is 1.13. The van der Waals surface area contributed by atoms with Crippen LogP contribution in [0.2, 0.25) is 0 Å². The van der Waals surface area contributed by atoms with Crippen molar-refractivity contribution in [3.8, 4) is 0 Å². The molecule has 0 aromatic heterocycles. The lowest BCUT2D eigenvalue weighted by molar-refractivity contribution is -0.0198. The summed E-state index contributed by atoms with van der Waals surface area (Å²) in [6.45, 7) is 4.27. The van der Waals surface area contributed by atoms with E-state index in [0.717, 1.165) is 0 Å². The Balaban J connectivity index is 1.88. The number of hydrogen-bond donors (Lipinski definition) is 1. The topological polar surface area (TPSA) is 51.2 Å². The number of rotatable bonds is 2. The molecule has 0 bridgehead atoms. The normalized spacial score (nSPS) is 38.5. The zero-order chi connectivity index (χ0) is 7.84. The molecule has 0 amide bonds. The summed E-state index contributed by atoms with van der Waals surface area (Å²) in [4.78, 5) is 0. The molecular formula is C7H10O4. The van der Waals surface area contributed by atoms with E-state index in [4.69, 9.17) is 14.2 Å². The first kappa shape index (κ1) is 7.09. The van der Waals surface area contributed by atoms with Gasteiger partial charge in [0, 0.05) is 0 Å². The lowest BCUT2D eigenvalue weighted by Crippen LogP contribution is -2.32. The van der Waals surface area contributed by atoms with Gasteiger partial charge in [-0.2, -0.15) is 0 Å². The summed E-state index contributed by atoms with van der Waals surface area (Å²) >= 11 is 0. The number of aliphatic hydroxyl groups excluding tert-OH is 1. The van der Waals surface area contributed by atoms with Gasteiger partial charge in [0.2, 0.25) is 0 Å². The molecule has 0 aromatic carbocycles. The van der Waals surface area contributed by atoms with Crippen molar-refractivity contribution in [1.29, 1.82) is 0 Å². The minimum atomic E-state index is -0.620. The molecule has 1 N–H and O–H groups in total. The van der Waals surface area contributed by atoms with E-state index in [1.807, 2.05) is 0 Å². The van der Waals surface area contributed by atoms with Crippen molar-refractivity contribution < 1.29 is 19.3 Å². The van der Waals surface area contributed by atoms with Crippen LogP contribution in [0.1, 0.15) is 0 Å². The summed E-state index contributed by atoms with van der Waals surface area (Å²) in [6, 6.07) is 0. The third kappa shape index (κ3) is 1.24. The highest BCUT2D eigenvalue weighted by atomic mass is 16.7. The Bertz CT molecular complexity index is 173. The van der Waals surface area contributed by atoms with Crippen LogP contribution in [0.5, 0.6) is 0 Å². The van der Waals surface area contributed by atoms with E-state index in [1.165, 1.54) is 0 Å². The SMILES string of the molecule is C=C1OC1C(O)C1COCO1. The quantitative estimate of drug-likeness (QED) is 0.557. The fraction of sp³-hybridized carbons (Fsp3) is 0.714. The monoisotopic (exact) mass is 158 g/mol. The molecule has 4 nitrogen and oxygen atoms in total. The number of epoxide rings is 1. The van der Waals surface area contributed by atoms with Gasteiger partial charge in [0.1, 0.15) is 24.8 Å². The molecule has 0 saturated carbocycles. The third-order valence-corrected chi connectivity index (χ3v) is 1.88. The Hall–Kier alpha value is -0.580.